The van der Waals surface area contributed by atoms with Crippen molar-refractivity contribution in [1.82, 2.24) is 16.0 Å². The molecule has 244 valence electrons. The van der Waals surface area contributed by atoms with Gasteiger partial charge in [0.1, 0.15) is 17.1 Å². The Morgan fingerprint density at radius 3 is 2.11 bits per heavy atom. The second-order valence-electron chi connectivity index (χ2n) is 11.5. The molecule has 8 heteroatoms. The monoisotopic (exact) mass is 633 g/mol. The minimum atomic E-state index is -0.576. The third-order valence-electron chi connectivity index (χ3n) is 8.33. The molecule has 8 nitrogen and oxygen atoms in total. The SMILES string of the molecule is CCOC(=O)c1c(OC)cc(C(=O)N[C@@H](CN[C@@H](CNC)Cc2ccc3ccccc3c2)Cc2cccc3ccccc23)cc1OC. The number of hydrogen-bond donors (Lipinski definition) is 3. The van der Waals surface area contributed by atoms with Crippen LogP contribution in [0.15, 0.2) is 97.1 Å². The molecule has 0 saturated heterocycles. The van der Waals surface area contributed by atoms with Crippen LogP contribution in [0.2, 0.25) is 0 Å². The molecule has 0 aliphatic rings. The third-order valence-corrected chi connectivity index (χ3v) is 8.33. The summed E-state index contributed by atoms with van der Waals surface area (Å²) < 4.78 is 16.2. The van der Waals surface area contributed by atoms with Gasteiger partial charge in [0.05, 0.1) is 20.8 Å². The molecule has 47 heavy (non-hydrogen) atoms. The first-order valence-corrected chi connectivity index (χ1v) is 16.0. The Kier molecular flexibility index (Phi) is 11.4. The Labute approximate surface area is 276 Å². The van der Waals surface area contributed by atoms with Gasteiger partial charge in [0.15, 0.2) is 0 Å². The fourth-order valence-corrected chi connectivity index (χ4v) is 6.05. The van der Waals surface area contributed by atoms with Gasteiger partial charge in [-0.15, -0.1) is 0 Å². The fourth-order valence-electron chi connectivity index (χ4n) is 6.05. The summed E-state index contributed by atoms with van der Waals surface area (Å²) in [6, 6.07) is 32.5. The normalized spacial score (nSPS) is 12.4. The Bertz CT molecular complexity index is 1810. The van der Waals surface area contributed by atoms with Gasteiger partial charge in [-0.2, -0.15) is 0 Å². The van der Waals surface area contributed by atoms with Crippen molar-refractivity contribution in [2.45, 2.75) is 31.8 Å². The second-order valence-corrected chi connectivity index (χ2v) is 11.5. The minimum absolute atomic E-state index is 0.122. The highest BCUT2D eigenvalue weighted by atomic mass is 16.5. The predicted molar refractivity (Wildman–Crippen MR) is 188 cm³/mol. The van der Waals surface area contributed by atoms with E-state index in [2.05, 4.69) is 88.7 Å². The summed E-state index contributed by atoms with van der Waals surface area (Å²) in [6.07, 6.45) is 1.43. The molecule has 5 rings (SSSR count). The summed E-state index contributed by atoms with van der Waals surface area (Å²) in [7, 11) is 4.85. The number of methoxy groups -OCH3 is 2. The Hall–Kier alpha value is -4.92. The van der Waals surface area contributed by atoms with E-state index in [1.165, 1.54) is 30.6 Å². The molecule has 3 N–H and O–H groups in total. The van der Waals surface area contributed by atoms with Gasteiger partial charge in [-0.05, 0) is 71.6 Å². The summed E-state index contributed by atoms with van der Waals surface area (Å²) in [5.41, 5.74) is 2.85. The molecule has 0 aromatic heterocycles. The van der Waals surface area contributed by atoms with E-state index in [0.29, 0.717) is 18.5 Å². The van der Waals surface area contributed by atoms with Gasteiger partial charge in [-0.1, -0.05) is 84.9 Å². The standard InChI is InChI=1S/C39H43N3O5/c1-5-47-39(44)37-35(45-3)22-31(23-36(37)46-4)38(43)42-33(21-30-15-10-14-28-12-8-9-16-34(28)30)25-41-32(24-40-2)20-26-17-18-27-11-6-7-13-29(27)19-26/h6-19,22-23,32-33,40-41H,5,20-21,24-25H2,1-4H3,(H,42,43)/t32-,33-/m1/s1. The van der Waals surface area contributed by atoms with E-state index >= 15 is 0 Å². The Morgan fingerprint density at radius 1 is 0.723 bits per heavy atom. The smallest absolute Gasteiger partial charge is 0.345 e. The quantitative estimate of drug-likeness (QED) is 0.123. The van der Waals surface area contributed by atoms with Crippen LogP contribution in [0.4, 0.5) is 0 Å². The summed E-state index contributed by atoms with van der Waals surface area (Å²) in [5, 5.41) is 15.1. The van der Waals surface area contributed by atoms with E-state index in [1.807, 2.05) is 19.2 Å². The van der Waals surface area contributed by atoms with Crippen molar-refractivity contribution in [3.63, 3.8) is 0 Å². The number of fused-ring (bicyclic) bond motifs is 2. The lowest BCUT2D eigenvalue weighted by Crippen LogP contribution is -2.48. The first-order valence-electron chi connectivity index (χ1n) is 16.0. The highest BCUT2D eigenvalue weighted by molar-refractivity contribution is 6.01. The zero-order valence-corrected chi connectivity index (χ0v) is 27.5. The molecule has 0 saturated carbocycles. The van der Waals surface area contributed by atoms with E-state index < -0.39 is 5.97 Å². The van der Waals surface area contributed by atoms with Gasteiger partial charge in [0.25, 0.3) is 5.91 Å². The molecule has 0 spiro atoms. The Balaban J connectivity index is 1.41. The van der Waals surface area contributed by atoms with E-state index in [0.717, 1.165) is 29.3 Å². The van der Waals surface area contributed by atoms with Crippen LogP contribution in [0.25, 0.3) is 21.5 Å². The Morgan fingerprint density at radius 2 is 1.40 bits per heavy atom. The maximum absolute atomic E-state index is 13.9. The average molecular weight is 634 g/mol. The molecule has 1 amide bonds. The molecule has 0 aliphatic heterocycles. The molecule has 0 radical (unpaired) electrons. The predicted octanol–water partition coefficient (Wildman–Crippen LogP) is 5.95. The molecule has 0 bridgehead atoms. The van der Waals surface area contributed by atoms with E-state index in [4.69, 9.17) is 14.2 Å². The van der Waals surface area contributed by atoms with Crippen LogP contribution in [0.3, 0.4) is 0 Å². The lowest BCUT2D eigenvalue weighted by atomic mass is 9.97. The van der Waals surface area contributed by atoms with Crippen molar-refractivity contribution in [3.05, 3.63) is 119 Å². The number of carbonyl (C=O) groups is 2. The zero-order valence-electron chi connectivity index (χ0n) is 27.5. The van der Waals surface area contributed by atoms with Crippen molar-refractivity contribution in [3.8, 4) is 11.5 Å². The van der Waals surface area contributed by atoms with Gasteiger partial charge in [0, 0.05) is 30.7 Å². The van der Waals surface area contributed by atoms with Gasteiger partial charge < -0.3 is 30.2 Å². The number of likely N-dealkylation sites (N-methyl/N-ethyl adjacent to an activating group) is 1. The van der Waals surface area contributed by atoms with E-state index in [9.17, 15) is 9.59 Å². The van der Waals surface area contributed by atoms with Gasteiger partial charge in [-0.25, -0.2) is 4.79 Å². The summed E-state index contributed by atoms with van der Waals surface area (Å²) >= 11 is 0. The minimum Gasteiger partial charge on any atom is -0.496 e. The highest BCUT2D eigenvalue weighted by Gasteiger charge is 2.25. The van der Waals surface area contributed by atoms with Gasteiger partial charge in [-0.3, -0.25) is 4.79 Å². The van der Waals surface area contributed by atoms with Crippen LogP contribution in [-0.2, 0) is 17.6 Å². The first-order chi connectivity index (χ1) is 22.9. The molecule has 0 fully saturated rings. The topological polar surface area (TPSA) is 97.9 Å². The van der Waals surface area contributed by atoms with Gasteiger partial charge >= 0.3 is 5.97 Å². The maximum atomic E-state index is 13.9. The molecule has 0 aliphatic carbocycles. The lowest BCUT2D eigenvalue weighted by molar-refractivity contribution is 0.0518. The first kappa shape index (κ1) is 33.4. The number of amides is 1. The van der Waals surface area contributed by atoms with Crippen LogP contribution < -0.4 is 25.4 Å². The summed E-state index contributed by atoms with van der Waals surface area (Å²) in [5.74, 6) is -0.459. The largest absolute Gasteiger partial charge is 0.496 e. The summed E-state index contributed by atoms with van der Waals surface area (Å²) in [4.78, 5) is 26.5. The molecule has 5 aromatic rings. The van der Waals surface area contributed by atoms with E-state index in [1.54, 1.807) is 19.1 Å². The molecule has 5 aromatic carbocycles. The maximum Gasteiger partial charge on any atom is 0.345 e. The lowest BCUT2D eigenvalue weighted by Gasteiger charge is -2.25. The van der Waals surface area contributed by atoms with Crippen molar-refractivity contribution >= 4 is 33.4 Å². The number of carbonyl (C=O) groups excluding carboxylic acids is 2. The fraction of sp³-hybridized carbons (Fsp3) is 0.282. The molecule has 0 heterocycles. The number of benzene rings is 5. The van der Waals surface area contributed by atoms with Crippen LogP contribution in [0, 0.1) is 0 Å². The summed E-state index contributed by atoms with van der Waals surface area (Å²) in [6.45, 7) is 3.22. The molecular weight excluding hydrogens is 590 g/mol. The molecule has 0 unspecified atom stereocenters. The van der Waals surface area contributed by atoms with Crippen molar-refractivity contribution < 1.29 is 23.8 Å². The average Bonchev–Trinajstić information content (AvgIpc) is 3.10. The third kappa shape index (κ3) is 8.27. The van der Waals surface area contributed by atoms with Crippen LogP contribution in [0.5, 0.6) is 11.5 Å². The van der Waals surface area contributed by atoms with E-state index in [-0.39, 0.29) is 41.7 Å². The zero-order chi connectivity index (χ0) is 33.2. The number of rotatable bonds is 15. The number of ether oxygens (including phenoxy) is 3. The van der Waals surface area contributed by atoms with Crippen molar-refractivity contribution in [2.24, 2.45) is 0 Å². The molecule has 2 atom stereocenters. The highest BCUT2D eigenvalue weighted by Crippen LogP contribution is 2.31. The van der Waals surface area contributed by atoms with Crippen LogP contribution >= 0.6 is 0 Å². The number of esters is 1. The van der Waals surface area contributed by atoms with Crippen LogP contribution in [0.1, 0.15) is 38.8 Å². The van der Waals surface area contributed by atoms with Crippen molar-refractivity contribution in [2.75, 3.05) is 41.0 Å². The number of nitrogens with one attached hydrogen (secondary N) is 3. The van der Waals surface area contributed by atoms with Crippen LogP contribution in [-0.4, -0.2) is 64.9 Å². The second kappa shape index (κ2) is 16.1. The molecular formula is C39H43N3O5. The van der Waals surface area contributed by atoms with Gasteiger partial charge in [0.2, 0.25) is 0 Å². The van der Waals surface area contributed by atoms with Crippen molar-refractivity contribution in [1.29, 1.82) is 0 Å². The number of hydrogen-bond acceptors (Lipinski definition) is 7.